The maximum absolute atomic E-state index is 10.7. The summed E-state index contributed by atoms with van der Waals surface area (Å²) in [5.41, 5.74) is 0. The Morgan fingerprint density at radius 2 is 2.17 bits per heavy atom. The lowest BCUT2D eigenvalue weighted by molar-refractivity contribution is -0.141. The Bertz CT molecular complexity index is 274. The average molecular weight is 210 g/mol. The van der Waals surface area contributed by atoms with E-state index < -0.39 is 12.2 Å². The second kappa shape index (κ2) is 3.33. The SMILES string of the molecule is CC(=O)NC1OC(=O)C(Cl)=C1Cl. The molecule has 0 bridgehead atoms. The highest BCUT2D eigenvalue weighted by atomic mass is 35.5. The van der Waals surface area contributed by atoms with Gasteiger partial charge in [0, 0.05) is 6.92 Å². The monoisotopic (exact) mass is 209 g/mol. The molecule has 1 amide bonds. The summed E-state index contributed by atoms with van der Waals surface area (Å²) in [7, 11) is 0. The van der Waals surface area contributed by atoms with Gasteiger partial charge in [-0.15, -0.1) is 0 Å². The summed E-state index contributed by atoms with van der Waals surface area (Å²) in [6.45, 7) is 1.28. The van der Waals surface area contributed by atoms with Gasteiger partial charge in [-0.25, -0.2) is 4.79 Å². The van der Waals surface area contributed by atoms with Crippen LogP contribution in [0.2, 0.25) is 0 Å². The number of amides is 1. The van der Waals surface area contributed by atoms with E-state index >= 15 is 0 Å². The molecule has 1 rings (SSSR count). The maximum Gasteiger partial charge on any atom is 0.353 e. The number of hydrogen-bond donors (Lipinski definition) is 1. The van der Waals surface area contributed by atoms with Gasteiger partial charge in [-0.05, 0) is 0 Å². The van der Waals surface area contributed by atoms with Crippen molar-refractivity contribution >= 4 is 35.1 Å². The molecule has 1 N–H and O–H groups in total. The fourth-order valence-corrected chi connectivity index (χ4v) is 1.02. The minimum atomic E-state index is -0.927. The number of hydrogen-bond acceptors (Lipinski definition) is 3. The van der Waals surface area contributed by atoms with Crippen molar-refractivity contribution in [2.24, 2.45) is 0 Å². The lowest BCUT2D eigenvalue weighted by Crippen LogP contribution is -2.33. The molecular formula is C6H5Cl2NO3. The normalized spacial score (nSPS) is 22.6. The number of cyclic esters (lactones) is 1. The van der Waals surface area contributed by atoms with Crippen LogP contribution in [0.5, 0.6) is 0 Å². The highest BCUT2D eigenvalue weighted by Crippen LogP contribution is 2.26. The minimum Gasteiger partial charge on any atom is -0.432 e. The summed E-state index contributed by atoms with van der Waals surface area (Å²) < 4.78 is 4.59. The number of nitrogens with one attached hydrogen (secondary N) is 1. The first-order valence-corrected chi connectivity index (χ1v) is 3.81. The summed E-state index contributed by atoms with van der Waals surface area (Å²) >= 11 is 11.0. The highest BCUT2D eigenvalue weighted by molar-refractivity contribution is 6.48. The van der Waals surface area contributed by atoms with Crippen molar-refractivity contribution in [3.8, 4) is 0 Å². The number of rotatable bonds is 1. The number of carbonyl (C=O) groups is 2. The largest absolute Gasteiger partial charge is 0.432 e. The Morgan fingerprint density at radius 1 is 1.58 bits per heavy atom. The Hall–Kier alpha value is -0.740. The van der Waals surface area contributed by atoms with Crippen molar-refractivity contribution in [3.63, 3.8) is 0 Å². The van der Waals surface area contributed by atoms with Crippen LogP contribution in [-0.4, -0.2) is 18.1 Å². The molecule has 1 aliphatic rings. The van der Waals surface area contributed by atoms with Crippen LogP contribution in [0.3, 0.4) is 0 Å². The molecule has 1 atom stereocenters. The Morgan fingerprint density at radius 3 is 2.50 bits per heavy atom. The topological polar surface area (TPSA) is 55.4 Å². The van der Waals surface area contributed by atoms with Crippen LogP contribution < -0.4 is 5.32 Å². The van der Waals surface area contributed by atoms with Gasteiger partial charge in [0.25, 0.3) is 0 Å². The molecule has 0 fully saturated rings. The first kappa shape index (κ1) is 9.35. The van der Waals surface area contributed by atoms with Crippen molar-refractivity contribution < 1.29 is 14.3 Å². The van der Waals surface area contributed by atoms with E-state index in [9.17, 15) is 9.59 Å². The van der Waals surface area contributed by atoms with Crippen LogP contribution in [0.25, 0.3) is 0 Å². The van der Waals surface area contributed by atoms with E-state index in [0.29, 0.717) is 0 Å². The highest BCUT2D eigenvalue weighted by Gasteiger charge is 2.32. The summed E-state index contributed by atoms with van der Waals surface area (Å²) in [6, 6.07) is 0. The first-order valence-electron chi connectivity index (χ1n) is 3.05. The number of esters is 1. The first-order chi connectivity index (χ1) is 5.52. The van der Waals surface area contributed by atoms with Crippen molar-refractivity contribution in [2.75, 3.05) is 0 Å². The fraction of sp³-hybridized carbons (Fsp3) is 0.333. The molecule has 12 heavy (non-hydrogen) atoms. The molecule has 0 aliphatic carbocycles. The molecule has 6 heteroatoms. The zero-order chi connectivity index (χ0) is 9.30. The molecule has 0 spiro atoms. The van der Waals surface area contributed by atoms with Crippen LogP contribution in [0.4, 0.5) is 0 Å². The van der Waals surface area contributed by atoms with Crippen LogP contribution in [0.1, 0.15) is 6.92 Å². The third kappa shape index (κ3) is 1.70. The summed E-state index contributed by atoms with van der Waals surface area (Å²) in [4.78, 5) is 21.3. The van der Waals surface area contributed by atoms with Gasteiger partial charge in [-0.1, -0.05) is 23.2 Å². The van der Waals surface area contributed by atoms with Crippen molar-refractivity contribution in [3.05, 3.63) is 10.1 Å². The maximum atomic E-state index is 10.7. The third-order valence-electron chi connectivity index (χ3n) is 1.18. The van der Waals surface area contributed by atoms with Gasteiger partial charge in [-0.3, -0.25) is 4.79 Å². The lowest BCUT2D eigenvalue weighted by atomic mass is 10.5. The van der Waals surface area contributed by atoms with Gasteiger partial charge >= 0.3 is 5.97 Å². The minimum absolute atomic E-state index is 0.0110. The van der Waals surface area contributed by atoms with Crippen molar-refractivity contribution in [1.29, 1.82) is 0 Å². The predicted octanol–water partition coefficient (Wildman–Crippen LogP) is 0.695. The van der Waals surface area contributed by atoms with Gasteiger partial charge in [0.1, 0.15) is 10.1 Å². The molecule has 0 aromatic heterocycles. The Balaban J connectivity index is 2.73. The zero-order valence-electron chi connectivity index (χ0n) is 6.06. The molecule has 1 aliphatic heterocycles. The molecule has 4 nitrogen and oxygen atoms in total. The Kier molecular flexibility index (Phi) is 2.59. The third-order valence-corrected chi connectivity index (χ3v) is 2.02. The zero-order valence-corrected chi connectivity index (χ0v) is 7.57. The quantitative estimate of drug-likeness (QED) is 0.648. The summed E-state index contributed by atoms with van der Waals surface area (Å²) in [5, 5.41) is 2.12. The predicted molar refractivity (Wildman–Crippen MR) is 42.4 cm³/mol. The Labute approximate surface area is 78.5 Å². The molecular weight excluding hydrogens is 205 g/mol. The van der Waals surface area contributed by atoms with Gasteiger partial charge in [0.15, 0.2) is 0 Å². The van der Waals surface area contributed by atoms with Crippen LogP contribution >= 0.6 is 23.2 Å². The van der Waals surface area contributed by atoms with E-state index in [0.717, 1.165) is 0 Å². The molecule has 1 heterocycles. The average Bonchev–Trinajstić information content (AvgIpc) is 2.17. The van der Waals surface area contributed by atoms with Crippen LogP contribution in [0, 0.1) is 0 Å². The van der Waals surface area contributed by atoms with Gasteiger partial charge in [0.05, 0.1) is 0 Å². The standard InChI is InChI=1S/C6H5Cl2NO3/c1-2(10)9-5-3(7)4(8)6(11)12-5/h5H,1H3,(H,9,10). The molecule has 0 aromatic carbocycles. The molecule has 66 valence electrons. The van der Waals surface area contributed by atoms with E-state index in [1.807, 2.05) is 0 Å². The van der Waals surface area contributed by atoms with Crippen LogP contribution in [0.15, 0.2) is 10.1 Å². The smallest absolute Gasteiger partial charge is 0.353 e. The van der Waals surface area contributed by atoms with E-state index in [1.54, 1.807) is 0 Å². The van der Waals surface area contributed by atoms with Gasteiger partial charge in [0.2, 0.25) is 12.1 Å². The number of ether oxygens (including phenoxy) is 1. The number of halogens is 2. The van der Waals surface area contributed by atoms with E-state index in [2.05, 4.69) is 10.1 Å². The second-order valence-electron chi connectivity index (χ2n) is 2.15. The van der Waals surface area contributed by atoms with Gasteiger partial charge in [-0.2, -0.15) is 0 Å². The summed E-state index contributed by atoms with van der Waals surface area (Å²) in [6.07, 6.45) is -0.927. The molecule has 0 aromatic rings. The van der Waals surface area contributed by atoms with Gasteiger partial charge < -0.3 is 10.1 Å². The van der Waals surface area contributed by atoms with E-state index in [4.69, 9.17) is 23.2 Å². The summed E-state index contributed by atoms with van der Waals surface area (Å²) in [5.74, 6) is -1.07. The van der Waals surface area contributed by atoms with Crippen molar-refractivity contribution in [1.82, 2.24) is 5.32 Å². The molecule has 0 saturated carbocycles. The van der Waals surface area contributed by atoms with E-state index in [1.165, 1.54) is 6.92 Å². The molecule has 0 radical (unpaired) electrons. The van der Waals surface area contributed by atoms with Crippen LogP contribution in [-0.2, 0) is 14.3 Å². The van der Waals surface area contributed by atoms with E-state index in [-0.39, 0.29) is 16.0 Å². The number of carbonyl (C=O) groups excluding carboxylic acids is 2. The second-order valence-corrected chi connectivity index (χ2v) is 2.93. The fourth-order valence-electron chi connectivity index (χ4n) is 0.701. The molecule has 1 unspecified atom stereocenters. The van der Waals surface area contributed by atoms with Crippen molar-refractivity contribution in [2.45, 2.75) is 13.2 Å². The molecule has 0 saturated heterocycles. The lowest BCUT2D eigenvalue weighted by Gasteiger charge is -2.09.